The number of nitrogens with zero attached hydrogens (tertiary/aromatic N) is 1. The standard InChI is InChI=1S/C16H22N2O5/c1-11(2)23-14(19)7-8-17-15(20)12-5-3-9-18(12)16(21)13-6-4-10-22-13/h4,6,10-12H,3,5,7-9H2,1-2H3,(H,17,20). The fraction of sp³-hybridized carbons (Fsp3) is 0.562. The first-order valence-electron chi connectivity index (χ1n) is 7.80. The first kappa shape index (κ1) is 17.1. The predicted octanol–water partition coefficient (Wildman–Crippen LogP) is 1.34. The minimum atomic E-state index is -0.520. The summed E-state index contributed by atoms with van der Waals surface area (Å²) in [5, 5.41) is 2.69. The summed E-state index contributed by atoms with van der Waals surface area (Å²) in [5.41, 5.74) is 0. The van der Waals surface area contributed by atoms with Gasteiger partial charge in [0.15, 0.2) is 5.76 Å². The van der Waals surface area contributed by atoms with E-state index in [1.807, 2.05) is 0 Å². The quantitative estimate of drug-likeness (QED) is 0.798. The minimum Gasteiger partial charge on any atom is -0.463 e. The molecule has 126 valence electrons. The summed E-state index contributed by atoms with van der Waals surface area (Å²) >= 11 is 0. The van der Waals surface area contributed by atoms with Crippen molar-refractivity contribution in [2.75, 3.05) is 13.1 Å². The van der Waals surface area contributed by atoms with E-state index >= 15 is 0 Å². The lowest BCUT2D eigenvalue weighted by molar-refractivity contribution is -0.147. The van der Waals surface area contributed by atoms with E-state index in [1.54, 1.807) is 26.0 Å². The number of rotatable bonds is 6. The zero-order valence-corrected chi connectivity index (χ0v) is 13.4. The van der Waals surface area contributed by atoms with E-state index in [9.17, 15) is 14.4 Å². The van der Waals surface area contributed by atoms with E-state index < -0.39 is 6.04 Å². The van der Waals surface area contributed by atoms with Crippen LogP contribution in [0.3, 0.4) is 0 Å². The number of furan rings is 1. The van der Waals surface area contributed by atoms with Gasteiger partial charge < -0.3 is 19.4 Å². The van der Waals surface area contributed by atoms with E-state index in [2.05, 4.69) is 5.32 Å². The topological polar surface area (TPSA) is 88.9 Å². The highest BCUT2D eigenvalue weighted by molar-refractivity contribution is 5.96. The van der Waals surface area contributed by atoms with Gasteiger partial charge in [-0.25, -0.2) is 0 Å². The molecule has 0 bridgehead atoms. The second-order valence-corrected chi connectivity index (χ2v) is 5.71. The molecule has 1 saturated heterocycles. The van der Waals surface area contributed by atoms with Crippen molar-refractivity contribution < 1.29 is 23.5 Å². The number of likely N-dealkylation sites (tertiary alicyclic amines) is 1. The average Bonchev–Trinajstić information content (AvgIpc) is 3.17. The Balaban J connectivity index is 1.84. The molecule has 1 aliphatic rings. The molecule has 1 aliphatic heterocycles. The van der Waals surface area contributed by atoms with Gasteiger partial charge in [0.05, 0.1) is 18.8 Å². The third-order valence-corrected chi connectivity index (χ3v) is 3.54. The largest absolute Gasteiger partial charge is 0.463 e. The molecule has 2 heterocycles. The van der Waals surface area contributed by atoms with Gasteiger partial charge in [0, 0.05) is 13.1 Å². The molecule has 0 radical (unpaired) electrons. The molecule has 1 atom stereocenters. The van der Waals surface area contributed by atoms with Crippen molar-refractivity contribution >= 4 is 17.8 Å². The third-order valence-electron chi connectivity index (χ3n) is 3.54. The molecule has 23 heavy (non-hydrogen) atoms. The number of ether oxygens (including phenoxy) is 1. The summed E-state index contributed by atoms with van der Waals surface area (Å²) in [4.78, 5) is 37.5. The van der Waals surface area contributed by atoms with E-state index in [-0.39, 0.29) is 42.6 Å². The monoisotopic (exact) mass is 322 g/mol. The minimum absolute atomic E-state index is 0.114. The molecule has 1 unspecified atom stereocenters. The van der Waals surface area contributed by atoms with E-state index in [0.717, 1.165) is 6.42 Å². The van der Waals surface area contributed by atoms with Crippen molar-refractivity contribution in [1.29, 1.82) is 0 Å². The maximum Gasteiger partial charge on any atom is 0.307 e. The van der Waals surface area contributed by atoms with Crippen molar-refractivity contribution in [3.8, 4) is 0 Å². The van der Waals surface area contributed by atoms with Crippen LogP contribution < -0.4 is 5.32 Å². The van der Waals surface area contributed by atoms with Gasteiger partial charge in [-0.3, -0.25) is 14.4 Å². The summed E-state index contributed by atoms with van der Waals surface area (Å²) in [6.45, 7) is 4.26. The van der Waals surface area contributed by atoms with Crippen molar-refractivity contribution in [2.24, 2.45) is 0 Å². The Morgan fingerprint density at radius 2 is 2.22 bits per heavy atom. The summed E-state index contributed by atoms with van der Waals surface area (Å²) < 4.78 is 10.1. The Morgan fingerprint density at radius 1 is 1.43 bits per heavy atom. The van der Waals surface area contributed by atoms with Crippen LogP contribution in [0.15, 0.2) is 22.8 Å². The Labute approximate surface area is 135 Å². The van der Waals surface area contributed by atoms with Crippen LogP contribution in [0, 0.1) is 0 Å². The van der Waals surface area contributed by atoms with Crippen LogP contribution in [-0.2, 0) is 14.3 Å². The molecular weight excluding hydrogens is 300 g/mol. The van der Waals surface area contributed by atoms with Gasteiger partial charge in [0.1, 0.15) is 6.04 Å². The Morgan fingerprint density at radius 3 is 2.87 bits per heavy atom. The van der Waals surface area contributed by atoms with Crippen LogP contribution in [0.2, 0.25) is 0 Å². The molecule has 7 nitrogen and oxygen atoms in total. The van der Waals surface area contributed by atoms with Gasteiger partial charge in [0.25, 0.3) is 5.91 Å². The van der Waals surface area contributed by atoms with Crippen LogP contribution in [0.5, 0.6) is 0 Å². The lowest BCUT2D eigenvalue weighted by Gasteiger charge is -2.23. The fourth-order valence-electron chi connectivity index (χ4n) is 2.55. The lowest BCUT2D eigenvalue weighted by Crippen LogP contribution is -2.46. The number of hydrogen-bond acceptors (Lipinski definition) is 5. The highest BCUT2D eigenvalue weighted by atomic mass is 16.5. The normalized spacial score (nSPS) is 17.3. The molecule has 1 aromatic heterocycles. The predicted molar refractivity (Wildman–Crippen MR) is 81.6 cm³/mol. The van der Waals surface area contributed by atoms with Crippen LogP contribution >= 0.6 is 0 Å². The molecule has 1 aromatic rings. The maximum atomic E-state index is 12.3. The second-order valence-electron chi connectivity index (χ2n) is 5.71. The third kappa shape index (κ3) is 4.58. The van der Waals surface area contributed by atoms with Crippen molar-refractivity contribution in [3.05, 3.63) is 24.2 Å². The van der Waals surface area contributed by atoms with Gasteiger partial charge in [-0.1, -0.05) is 0 Å². The van der Waals surface area contributed by atoms with Crippen LogP contribution in [0.25, 0.3) is 0 Å². The Kier molecular flexibility index (Phi) is 5.78. The van der Waals surface area contributed by atoms with Crippen LogP contribution in [0.1, 0.15) is 43.7 Å². The van der Waals surface area contributed by atoms with Gasteiger partial charge in [-0.15, -0.1) is 0 Å². The Bertz CT molecular complexity index is 553. The number of carbonyl (C=O) groups is 3. The zero-order chi connectivity index (χ0) is 16.8. The SMILES string of the molecule is CC(C)OC(=O)CCNC(=O)C1CCCN1C(=O)c1ccco1. The number of hydrogen-bond donors (Lipinski definition) is 1. The fourth-order valence-corrected chi connectivity index (χ4v) is 2.55. The van der Waals surface area contributed by atoms with E-state index in [0.29, 0.717) is 13.0 Å². The number of carbonyl (C=O) groups excluding carboxylic acids is 3. The molecule has 0 aromatic carbocycles. The first-order valence-corrected chi connectivity index (χ1v) is 7.80. The second kappa shape index (κ2) is 7.80. The van der Waals surface area contributed by atoms with Crippen LogP contribution in [-0.4, -0.2) is 47.9 Å². The Hall–Kier alpha value is -2.31. The van der Waals surface area contributed by atoms with Gasteiger partial charge >= 0.3 is 5.97 Å². The molecule has 0 saturated carbocycles. The first-order chi connectivity index (χ1) is 11.0. The number of amides is 2. The summed E-state index contributed by atoms with van der Waals surface area (Å²) in [6.07, 6.45) is 2.74. The summed E-state index contributed by atoms with van der Waals surface area (Å²) in [5.74, 6) is -0.660. The lowest BCUT2D eigenvalue weighted by atomic mass is 10.2. The van der Waals surface area contributed by atoms with Gasteiger partial charge in [-0.2, -0.15) is 0 Å². The maximum absolute atomic E-state index is 12.3. The number of nitrogens with one attached hydrogen (secondary N) is 1. The molecule has 0 aliphatic carbocycles. The van der Waals surface area contributed by atoms with Crippen molar-refractivity contribution in [2.45, 2.75) is 45.3 Å². The molecule has 7 heteroatoms. The molecule has 1 N–H and O–H groups in total. The number of esters is 1. The van der Waals surface area contributed by atoms with Crippen LogP contribution in [0.4, 0.5) is 0 Å². The molecule has 1 fully saturated rings. The van der Waals surface area contributed by atoms with E-state index in [1.165, 1.54) is 11.2 Å². The zero-order valence-electron chi connectivity index (χ0n) is 13.4. The van der Waals surface area contributed by atoms with Gasteiger partial charge in [-0.05, 0) is 38.8 Å². The van der Waals surface area contributed by atoms with Crippen molar-refractivity contribution in [1.82, 2.24) is 10.2 Å². The molecular formula is C16H22N2O5. The van der Waals surface area contributed by atoms with Gasteiger partial charge in [0.2, 0.25) is 5.91 Å². The molecule has 2 amide bonds. The highest BCUT2D eigenvalue weighted by Crippen LogP contribution is 2.20. The summed E-state index contributed by atoms with van der Waals surface area (Å²) in [6, 6.07) is 2.70. The smallest absolute Gasteiger partial charge is 0.307 e. The average molecular weight is 322 g/mol. The van der Waals surface area contributed by atoms with E-state index in [4.69, 9.17) is 9.15 Å². The highest BCUT2D eigenvalue weighted by Gasteiger charge is 2.35. The molecule has 0 spiro atoms. The molecule has 2 rings (SSSR count). The summed E-state index contributed by atoms with van der Waals surface area (Å²) in [7, 11) is 0. The van der Waals surface area contributed by atoms with Crippen molar-refractivity contribution in [3.63, 3.8) is 0 Å².